The number of hydrogen-bond donors (Lipinski definition) is 1. The van der Waals surface area contributed by atoms with Crippen molar-refractivity contribution in [1.82, 2.24) is 5.32 Å². The molecule has 1 aromatic carbocycles. The lowest BCUT2D eigenvalue weighted by molar-refractivity contribution is 0.486. The van der Waals surface area contributed by atoms with Crippen LogP contribution in [0.1, 0.15) is 58.0 Å². The molecule has 1 fully saturated rings. The van der Waals surface area contributed by atoms with Gasteiger partial charge in [-0.1, -0.05) is 67.2 Å². The molecule has 2 aliphatic rings. The van der Waals surface area contributed by atoms with E-state index in [0.717, 1.165) is 23.4 Å². The van der Waals surface area contributed by atoms with Crippen molar-refractivity contribution >= 4 is 22.7 Å². The fourth-order valence-electron chi connectivity index (χ4n) is 3.14. The second-order valence-corrected chi connectivity index (χ2v) is 7.41. The van der Waals surface area contributed by atoms with Gasteiger partial charge in [-0.3, -0.25) is 0 Å². The number of benzene rings is 1. The van der Waals surface area contributed by atoms with Crippen molar-refractivity contribution in [2.45, 2.75) is 58.4 Å². The smallest absolute Gasteiger partial charge is 0.0467 e. The Hall–Kier alpha value is -1.67. The minimum absolute atomic E-state index is 0. The Morgan fingerprint density at radius 3 is 2.42 bits per heavy atom. The molecule has 2 heteroatoms. The molecule has 1 saturated carbocycles. The van der Waals surface area contributed by atoms with Gasteiger partial charge in [0, 0.05) is 18.0 Å². The Labute approximate surface area is 154 Å². The molecule has 0 aromatic heterocycles. The molecule has 1 N–H and O–H groups in total. The number of rotatable bonds is 3. The molecule has 2 aliphatic carbocycles. The van der Waals surface area contributed by atoms with Gasteiger partial charge in [0.2, 0.25) is 0 Å². The first-order valence-electron chi connectivity index (χ1n) is 8.86. The van der Waals surface area contributed by atoms with Crippen LogP contribution in [0.4, 0.5) is 0 Å². The third-order valence-electron chi connectivity index (χ3n) is 4.55. The van der Waals surface area contributed by atoms with Crippen LogP contribution in [0.25, 0.3) is 5.57 Å². The highest BCUT2D eigenvalue weighted by molar-refractivity contribution is 7.80. The fourth-order valence-corrected chi connectivity index (χ4v) is 3.39. The number of nitrogens with one attached hydrogen (secondary N) is 1. The van der Waals surface area contributed by atoms with Crippen LogP contribution in [0.2, 0.25) is 0 Å². The summed E-state index contributed by atoms with van der Waals surface area (Å²) < 4.78 is 0. The van der Waals surface area contributed by atoms with E-state index >= 15 is 0 Å². The zero-order valence-corrected chi connectivity index (χ0v) is 15.8. The maximum Gasteiger partial charge on any atom is 0.0467 e. The van der Waals surface area contributed by atoms with Gasteiger partial charge in [0.15, 0.2) is 0 Å². The Morgan fingerprint density at radius 1 is 1.17 bits per heavy atom. The number of allylic oxidation sites excluding steroid dienone is 3. The molecule has 130 valence electrons. The van der Waals surface area contributed by atoms with Crippen molar-refractivity contribution in [3.05, 3.63) is 65.9 Å². The van der Waals surface area contributed by atoms with E-state index in [2.05, 4.69) is 55.7 Å². The van der Waals surface area contributed by atoms with Crippen molar-refractivity contribution in [2.75, 3.05) is 0 Å². The van der Waals surface area contributed by atoms with Gasteiger partial charge in [-0.05, 0) is 63.2 Å². The van der Waals surface area contributed by atoms with Crippen molar-refractivity contribution in [3.63, 3.8) is 0 Å². The maximum absolute atomic E-state index is 5.15. The second kappa shape index (κ2) is 8.98. The first kappa shape index (κ1) is 18.7. The van der Waals surface area contributed by atoms with Crippen LogP contribution >= 0.6 is 12.2 Å². The average Bonchev–Trinajstić information content (AvgIpc) is 2.97. The molecule has 1 unspecified atom stereocenters. The van der Waals surface area contributed by atoms with E-state index in [-0.39, 0.29) is 1.43 Å². The molecule has 3 rings (SSSR count). The highest BCUT2D eigenvalue weighted by atomic mass is 32.1. The van der Waals surface area contributed by atoms with E-state index in [1.807, 2.05) is 6.92 Å². The summed E-state index contributed by atoms with van der Waals surface area (Å²) in [5, 5.41) is 3.34. The molecule has 0 radical (unpaired) electrons. The lowest BCUT2D eigenvalue weighted by Gasteiger charge is -2.26. The van der Waals surface area contributed by atoms with E-state index < -0.39 is 0 Å². The van der Waals surface area contributed by atoms with E-state index in [4.69, 9.17) is 12.2 Å². The van der Waals surface area contributed by atoms with Crippen molar-refractivity contribution in [1.29, 1.82) is 0 Å². The van der Waals surface area contributed by atoms with Crippen molar-refractivity contribution in [2.24, 2.45) is 0 Å². The predicted octanol–water partition coefficient (Wildman–Crippen LogP) is 6.40. The zero-order valence-electron chi connectivity index (χ0n) is 15.0. The lowest BCUT2D eigenvalue weighted by Crippen LogP contribution is -2.30. The minimum atomic E-state index is 0. The molecular weight excluding hydrogens is 310 g/mol. The highest BCUT2D eigenvalue weighted by Crippen LogP contribution is 2.26. The van der Waals surface area contributed by atoms with Crippen LogP contribution in [0.5, 0.6) is 0 Å². The van der Waals surface area contributed by atoms with Gasteiger partial charge in [-0.2, -0.15) is 0 Å². The molecule has 1 nitrogen and oxygen atoms in total. The SMILES string of the molecule is C=C(C)NC1CCCCC1=C.Cc1ccc(C2=CC(=S)CC2)cc1.[HH]. The quantitative estimate of drug-likeness (QED) is 0.504. The summed E-state index contributed by atoms with van der Waals surface area (Å²) in [5.74, 6) is 0. The molecule has 1 atom stereocenters. The van der Waals surface area contributed by atoms with Crippen LogP contribution in [0.15, 0.2) is 54.8 Å². The Kier molecular flexibility index (Phi) is 6.99. The lowest BCUT2D eigenvalue weighted by atomic mass is 9.91. The van der Waals surface area contributed by atoms with Gasteiger partial charge in [0.1, 0.15) is 0 Å². The van der Waals surface area contributed by atoms with Crippen LogP contribution in [-0.4, -0.2) is 10.9 Å². The van der Waals surface area contributed by atoms with Gasteiger partial charge in [-0.15, -0.1) is 0 Å². The monoisotopic (exact) mass is 341 g/mol. The molecule has 0 aliphatic heterocycles. The molecule has 0 spiro atoms. The van der Waals surface area contributed by atoms with E-state index in [1.165, 1.54) is 48.0 Å². The van der Waals surface area contributed by atoms with Crippen molar-refractivity contribution in [3.8, 4) is 0 Å². The number of thiocarbonyl (C=S) groups is 1. The normalized spacial score (nSPS) is 20.1. The maximum atomic E-state index is 5.15. The molecule has 0 heterocycles. The third kappa shape index (κ3) is 5.76. The summed E-state index contributed by atoms with van der Waals surface area (Å²) in [4.78, 5) is 1.09. The van der Waals surface area contributed by atoms with Crippen LogP contribution < -0.4 is 5.32 Å². The van der Waals surface area contributed by atoms with Gasteiger partial charge in [0.05, 0.1) is 0 Å². The predicted molar refractivity (Wildman–Crippen MR) is 112 cm³/mol. The minimum Gasteiger partial charge on any atom is -0.383 e. The second-order valence-electron chi connectivity index (χ2n) is 6.88. The summed E-state index contributed by atoms with van der Waals surface area (Å²) in [7, 11) is 0. The van der Waals surface area contributed by atoms with E-state index in [0.29, 0.717) is 6.04 Å². The molecular formula is C22H31NS. The molecule has 0 amide bonds. The van der Waals surface area contributed by atoms with Gasteiger partial charge < -0.3 is 5.32 Å². The molecule has 0 bridgehead atoms. The summed E-state index contributed by atoms with van der Waals surface area (Å²) in [6.07, 6.45) is 9.36. The standard InChI is InChI=1S/C12H12S.C10H17N.H2/c1-9-2-4-10(5-3-9)11-6-7-12(13)8-11;1-8(2)11-10-7-5-4-6-9(10)3;/h2-5,8H,6-7H2,1H3;10-11H,1,3-7H2,2H3;1H. The topological polar surface area (TPSA) is 12.0 Å². The van der Waals surface area contributed by atoms with Crippen LogP contribution in [0.3, 0.4) is 0 Å². The average molecular weight is 342 g/mol. The van der Waals surface area contributed by atoms with E-state index in [9.17, 15) is 0 Å². The number of hydrogen-bond acceptors (Lipinski definition) is 2. The van der Waals surface area contributed by atoms with Gasteiger partial charge in [-0.25, -0.2) is 0 Å². The summed E-state index contributed by atoms with van der Waals surface area (Å²) >= 11 is 5.15. The summed E-state index contributed by atoms with van der Waals surface area (Å²) in [6, 6.07) is 9.15. The highest BCUT2D eigenvalue weighted by Gasteiger charge is 2.15. The largest absolute Gasteiger partial charge is 0.383 e. The zero-order chi connectivity index (χ0) is 17.5. The van der Waals surface area contributed by atoms with Crippen LogP contribution in [-0.2, 0) is 0 Å². The Morgan fingerprint density at radius 2 is 1.88 bits per heavy atom. The molecule has 1 aromatic rings. The van der Waals surface area contributed by atoms with E-state index in [1.54, 1.807) is 0 Å². The van der Waals surface area contributed by atoms with Crippen molar-refractivity contribution < 1.29 is 1.43 Å². The Bertz CT molecular complexity index is 642. The third-order valence-corrected chi connectivity index (χ3v) is 4.87. The fraction of sp³-hybridized carbons (Fsp3) is 0.409. The van der Waals surface area contributed by atoms with Gasteiger partial charge in [0.25, 0.3) is 0 Å². The van der Waals surface area contributed by atoms with Crippen LogP contribution in [0, 0.1) is 6.92 Å². The number of aryl methyl sites for hydroxylation is 1. The summed E-state index contributed by atoms with van der Waals surface area (Å²) in [5.41, 5.74) is 6.43. The molecule has 24 heavy (non-hydrogen) atoms. The first-order valence-corrected chi connectivity index (χ1v) is 9.26. The Balaban J connectivity index is 0.000000244. The first-order chi connectivity index (χ1) is 11.5. The summed E-state index contributed by atoms with van der Waals surface area (Å²) in [6.45, 7) is 12.0. The molecule has 0 saturated heterocycles. The van der Waals surface area contributed by atoms with Gasteiger partial charge >= 0.3 is 0 Å².